The first-order valence-electron chi connectivity index (χ1n) is 10.5. The van der Waals surface area contributed by atoms with Gasteiger partial charge in [-0.3, -0.25) is 9.69 Å². The van der Waals surface area contributed by atoms with Crippen molar-refractivity contribution in [3.63, 3.8) is 0 Å². The highest BCUT2D eigenvalue weighted by Gasteiger charge is 2.14. The van der Waals surface area contributed by atoms with E-state index in [9.17, 15) is 4.79 Å². The summed E-state index contributed by atoms with van der Waals surface area (Å²) < 4.78 is 0. The van der Waals surface area contributed by atoms with Gasteiger partial charge in [0.15, 0.2) is 0 Å². The van der Waals surface area contributed by atoms with Gasteiger partial charge in [0.1, 0.15) is 12.1 Å². The molecule has 30 heavy (non-hydrogen) atoms. The van der Waals surface area contributed by atoms with Crippen molar-refractivity contribution < 1.29 is 4.79 Å². The number of carbonyl (C=O) groups excluding carboxylic acids is 1. The Hall–Kier alpha value is -2.99. The van der Waals surface area contributed by atoms with Crippen LogP contribution in [0.1, 0.15) is 26.3 Å². The van der Waals surface area contributed by atoms with Gasteiger partial charge in [-0.1, -0.05) is 24.3 Å². The second kappa shape index (κ2) is 9.67. The number of rotatable bonds is 8. The standard InChI is InChI=1S/C24H31N5O/c1-6-29(7-2)23-21-14-20(11-12-22(21)26-16-27-23)19-10-8-9-18(13-19)15-25-24(30)17(3)28(4)5/h8-14,16-17H,6-7,15H2,1-5H3,(H,25,30). The SMILES string of the molecule is CCN(CC)c1ncnc2ccc(-c3cccc(CNC(=O)C(C)N(C)C)c3)cc12. The average molecular weight is 406 g/mol. The van der Waals surface area contributed by atoms with Crippen molar-refractivity contribution in [1.82, 2.24) is 20.2 Å². The Bertz CT molecular complexity index is 1010. The molecule has 6 nitrogen and oxygen atoms in total. The molecule has 0 radical (unpaired) electrons. The topological polar surface area (TPSA) is 61.4 Å². The minimum absolute atomic E-state index is 0.0251. The quantitative estimate of drug-likeness (QED) is 0.619. The Morgan fingerprint density at radius 1 is 1.03 bits per heavy atom. The Balaban J connectivity index is 1.88. The van der Waals surface area contributed by atoms with E-state index in [-0.39, 0.29) is 11.9 Å². The highest BCUT2D eigenvalue weighted by atomic mass is 16.2. The fourth-order valence-electron chi connectivity index (χ4n) is 3.43. The largest absolute Gasteiger partial charge is 0.357 e. The van der Waals surface area contributed by atoms with Crippen LogP contribution in [0.2, 0.25) is 0 Å². The van der Waals surface area contributed by atoms with Crippen molar-refractivity contribution in [3.05, 3.63) is 54.4 Å². The van der Waals surface area contributed by atoms with E-state index in [4.69, 9.17) is 0 Å². The summed E-state index contributed by atoms with van der Waals surface area (Å²) in [5.41, 5.74) is 4.23. The zero-order valence-corrected chi connectivity index (χ0v) is 18.5. The molecule has 6 heteroatoms. The van der Waals surface area contributed by atoms with Crippen molar-refractivity contribution in [3.8, 4) is 11.1 Å². The van der Waals surface area contributed by atoms with Crippen LogP contribution in [0.15, 0.2) is 48.8 Å². The number of hydrogen-bond donors (Lipinski definition) is 1. The third-order valence-electron chi connectivity index (χ3n) is 5.56. The second-order valence-electron chi connectivity index (χ2n) is 7.66. The third kappa shape index (κ3) is 4.76. The fourth-order valence-corrected chi connectivity index (χ4v) is 3.43. The smallest absolute Gasteiger partial charge is 0.237 e. The zero-order valence-electron chi connectivity index (χ0n) is 18.5. The predicted molar refractivity (Wildman–Crippen MR) is 124 cm³/mol. The number of fused-ring (bicyclic) bond motifs is 1. The van der Waals surface area contributed by atoms with Gasteiger partial charge in [-0.05, 0) is 69.8 Å². The van der Waals surface area contributed by atoms with Gasteiger partial charge in [0.2, 0.25) is 5.91 Å². The van der Waals surface area contributed by atoms with E-state index >= 15 is 0 Å². The molecule has 1 atom stereocenters. The van der Waals surface area contributed by atoms with Crippen molar-refractivity contribution >= 4 is 22.6 Å². The summed E-state index contributed by atoms with van der Waals surface area (Å²) in [5, 5.41) is 4.07. The molecule has 0 spiro atoms. The maximum atomic E-state index is 12.2. The number of anilines is 1. The van der Waals surface area contributed by atoms with Gasteiger partial charge < -0.3 is 10.2 Å². The molecule has 3 rings (SSSR count). The van der Waals surface area contributed by atoms with Crippen LogP contribution < -0.4 is 10.2 Å². The molecule has 1 N–H and O–H groups in total. The number of amides is 1. The lowest BCUT2D eigenvalue weighted by atomic mass is 10.0. The predicted octanol–water partition coefficient (Wildman–Crippen LogP) is 3.71. The molecule has 1 unspecified atom stereocenters. The van der Waals surface area contributed by atoms with E-state index in [1.165, 1.54) is 0 Å². The molecule has 0 aliphatic carbocycles. The number of likely N-dealkylation sites (N-methyl/N-ethyl adjacent to an activating group) is 1. The van der Waals surface area contributed by atoms with Crippen LogP contribution in [-0.2, 0) is 11.3 Å². The van der Waals surface area contributed by atoms with E-state index in [2.05, 4.69) is 58.3 Å². The average Bonchev–Trinajstić information content (AvgIpc) is 2.77. The minimum Gasteiger partial charge on any atom is -0.357 e. The van der Waals surface area contributed by atoms with Crippen molar-refractivity contribution in [2.45, 2.75) is 33.4 Å². The maximum Gasteiger partial charge on any atom is 0.237 e. The van der Waals surface area contributed by atoms with Crippen LogP contribution in [0.4, 0.5) is 5.82 Å². The molecule has 158 valence electrons. The summed E-state index contributed by atoms with van der Waals surface area (Å²) in [7, 11) is 3.81. The lowest BCUT2D eigenvalue weighted by Gasteiger charge is -2.21. The van der Waals surface area contributed by atoms with Gasteiger partial charge in [-0.15, -0.1) is 0 Å². The number of nitrogens with one attached hydrogen (secondary N) is 1. The lowest BCUT2D eigenvalue weighted by molar-refractivity contribution is -0.125. The van der Waals surface area contributed by atoms with E-state index in [1.807, 2.05) is 44.1 Å². The van der Waals surface area contributed by atoms with Crippen molar-refractivity contribution in [2.75, 3.05) is 32.1 Å². The molecule has 1 aromatic heterocycles. The highest BCUT2D eigenvalue weighted by molar-refractivity contribution is 5.93. The van der Waals surface area contributed by atoms with Gasteiger partial charge in [0, 0.05) is 25.0 Å². The Labute approximate surface area is 178 Å². The van der Waals surface area contributed by atoms with Crippen LogP contribution in [0.25, 0.3) is 22.0 Å². The van der Waals surface area contributed by atoms with E-state index in [0.29, 0.717) is 6.54 Å². The minimum atomic E-state index is -0.160. The number of carbonyl (C=O) groups is 1. The third-order valence-corrected chi connectivity index (χ3v) is 5.56. The monoisotopic (exact) mass is 405 g/mol. The number of benzene rings is 2. The van der Waals surface area contributed by atoms with Crippen molar-refractivity contribution in [2.24, 2.45) is 0 Å². The van der Waals surface area contributed by atoms with Crippen LogP contribution in [-0.4, -0.2) is 54.0 Å². The van der Waals surface area contributed by atoms with Crippen LogP contribution >= 0.6 is 0 Å². The summed E-state index contributed by atoms with van der Waals surface area (Å²) in [6, 6.07) is 14.4. The molecular weight excluding hydrogens is 374 g/mol. The highest BCUT2D eigenvalue weighted by Crippen LogP contribution is 2.29. The van der Waals surface area contributed by atoms with E-state index in [1.54, 1.807) is 6.33 Å². The molecule has 3 aromatic rings. The molecule has 0 aliphatic rings. The molecule has 0 saturated heterocycles. The van der Waals surface area contributed by atoms with Crippen LogP contribution in [0.3, 0.4) is 0 Å². The molecule has 0 bridgehead atoms. The molecule has 1 heterocycles. The van der Waals surface area contributed by atoms with Gasteiger partial charge in [0.05, 0.1) is 11.6 Å². The maximum absolute atomic E-state index is 12.2. The Kier molecular flexibility index (Phi) is 7.00. The molecule has 2 aromatic carbocycles. The fraction of sp³-hybridized carbons (Fsp3) is 0.375. The normalized spacial score (nSPS) is 12.2. The first kappa shape index (κ1) is 21.7. The zero-order chi connectivity index (χ0) is 21.7. The van der Waals surface area contributed by atoms with Gasteiger partial charge in [-0.2, -0.15) is 0 Å². The van der Waals surface area contributed by atoms with Crippen LogP contribution in [0.5, 0.6) is 0 Å². The summed E-state index contributed by atoms with van der Waals surface area (Å²) >= 11 is 0. The van der Waals surface area contributed by atoms with E-state index < -0.39 is 0 Å². The van der Waals surface area contributed by atoms with Gasteiger partial charge >= 0.3 is 0 Å². The molecule has 0 fully saturated rings. The molecule has 0 aliphatic heterocycles. The number of nitrogens with zero attached hydrogens (tertiary/aromatic N) is 4. The first-order valence-corrected chi connectivity index (χ1v) is 10.5. The second-order valence-corrected chi connectivity index (χ2v) is 7.66. The lowest BCUT2D eigenvalue weighted by Crippen LogP contribution is -2.41. The van der Waals surface area contributed by atoms with Crippen LogP contribution in [0, 0.1) is 0 Å². The summed E-state index contributed by atoms with van der Waals surface area (Å²) in [4.78, 5) is 25.4. The Morgan fingerprint density at radius 3 is 2.47 bits per heavy atom. The summed E-state index contributed by atoms with van der Waals surface area (Å²) in [5.74, 6) is 0.991. The van der Waals surface area contributed by atoms with Gasteiger partial charge in [-0.25, -0.2) is 9.97 Å². The number of hydrogen-bond acceptors (Lipinski definition) is 5. The summed E-state index contributed by atoms with van der Waals surface area (Å²) in [6.07, 6.45) is 1.63. The first-order chi connectivity index (χ1) is 14.4. The molecular formula is C24H31N5O. The van der Waals surface area contributed by atoms with Gasteiger partial charge in [0.25, 0.3) is 0 Å². The molecule has 1 amide bonds. The Morgan fingerprint density at radius 2 is 1.77 bits per heavy atom. The van der Waals surface area contributed by atoms with Crippen molar-refractivity contribution in [1.29, 1.82) is 0 Å². The molecule has 0 saturated carbocycles. The summed E-state index contributed by atoms with van der Waals surface area (Å²) in [6.45, 7) is 8.47. The number of aromatic nitrogens is 2. The van der Waals surface area contributed by atoms with E-state index in [0.717, 1.165) is 46.5 Å².